The molecule has 0 aliphatic heterocycles. The Morgan fingerprint density at radius 3 is 2.09 bits per heavy atom. The lowest BCUT2D eigenvalue weighted by Gasteiger charge is -2.26. The van der Waals surface area contributed by atoms with Crippen LogP contribution in [-0.2, 0) is 19.9 Å². The number of hydrogen-bond donors (Lipinski definition) is 1. The van der Waals surface area contributed by atoms with Crippen LogP contribution in [0.15, 0.2) is 60.7 Å². The van der Waals surface area contributed by atoms with E-state index in [4.69, 9.17) is 13.3 Å². The molecule has 2 aromatic rings. The summed E-state index contributed by atoms with van der Waals surface area (Å²) in [5, 5.41) is 3.39. The van der Waals surface area contributed by atoms with Crippen LogP contribution in [0.3, 0.4) is 0 Å². The van der Waals surface area contributed by atoms with Gasteiger partial charge in [0.2, 0.25) is 0 Å². The molecule has 0 saturated carbocycles. The molecule has 0 amide bonds. The molecule has 0 aliphatic rings. The van der Waals surface area contributed by atoms with Crippen LogP contribution >= 0.6 is 0 Å². The van der Waals surface area contributed by atoms with Crippen molar-refractivity contribution in [1.82, 2.24) is 0 Å². The quantitative estimate of drug-likeness (QED) is 0.529. The number of rotatable bonds is 10. The summed E-state index contributed by atoms with van der Waals surface area (Å²) in [5.74, 6) is 0. The van der Waals surface area contributed by atoms with Crippen LogP contribution in [0.25, 0.3) is 0 Å². The third-order valence-electron chi connectivity index (χ3n) is 3.69. The third kappa shape index (κ3) is 5.80. The van der Waals surface area contributed by atoms with Crippen LogP contribution in [0.4, 0.5) is 5.69 Å². The summed E-state index contributed by atoms with van der Waals surface area (Å²) in [6.45, 7) is 1.38. The second-order valence-corrected chi connectivity index (χ2v) is 8.23. The topological polar surface area (TPSA) is 39.7 Å². The average Bonchev–Trinajstić information content (AvgIpc) is 2.63. The van der Waals surface area contributed by atoms with Gasteiger partial charge in [0.05, 0.1) is 6.61 Å². The van der Waals surface area contributed by atoms with E-state index in [-0.39, 0.29) is 0 Å². The highest BCUT2D eigenvalue weighted by molar-refractivity contribution is 6.60. The molecular weight excluding hydrogens is 306 g/mol. The van der Waals surface area contributed by atoms with Gasteiger partial charge < -0.3 is 18.6 Å². The molecule has 0 atom stereocenters. The van der Waals surface area contributed by atoms with Gasteiger partial charge in [0.1, 0.15) is 0 Å². The zero-order chi connectivity index (χ0) is 16.4. The van der Waals surface area contributed by atoms with Crippen molar-refractivity contribution >= 4 is 14.5 Å². The largest absolute Gasteiger partial charge is 0.500 e. The second kappa shape index (κ2) is 9.47. The molecule has 0 saturated heterocycles. The number of hydrogen-bond acceptors (Lipinski definition) is 4. The summed E-state index contributed by atoms with van der Waals surface area (Å²) < 4.78 is 17.3. The Morgan fingerprint density at radius 2 is 1.48 bits per heavy atom. The Morgan fingerprint density at radius 1 is 0.870 bits per heavy atom. The van der Waals surface area contributed by atoms with E-state index in [0.29, 0.717) is 6.61 Å². The van der Waals surface area contributed by atoms with Gasteiger partial charge in [-0.25, -0.2) is 0 Å². The molecule has 0 aromatic heterocycles. The Labute approximate surface area is 139 Å². The summed E-state index contributed by atoms with van der Waals surface area (Å²) in [5.41, 5.74) is 2.25. The van der Waals surface area contributed by atoms with Crippen molar-refractivity contribution in [3.63, 3.8) is 0 Å². The average molecular weight is 331 g/mol. The molecule has 0 fully saturated rings. The first kappa shape index (κ1) is 17.7. The molecule has 4 nitrogen and oxygen atoms in total. The van der Waals surface area contributed by atoms with E-state index in [9.17, 15) is 0 Å². The van der Waals surface area contributed by atoms with Gasteiger partial charge >= 0.3 is 8.80 Å². The Bertz CT molecular complexity index is 547. The van der Waals surface area contributed by atoms with Gasteiger partial charge in [-0.1, -0.05) is 48.5 Å². The highest BCUT2D eigenvalue weighted by atomic mass is 28.4. The Hall–Kier alpha value is -1.66. The van der Waals surface area contributed by atoms with Gasteiger partial charge in [-0.2, -0.15) is 0 Å². The molecule has 0 unspecified atom stereocenters. The standard InChI is InChI=1S/C18H25NO3Si/c1-20-23(21-2,22-16-17-10-5-3-6-11-17)15-9-14-19-18-12-7-4-8-13-18/h3-8,10-13,19H,9,14-16H2,1-2H3. The molecule has 2 rings (SSSR count). The van der Waals surface area contributed by atoms with Crippen molar-refractivity contribution in [2.45, 2.75) is 19.1 Å². The molecule has 124 valence electrons. The third-order valence-corrected chi connectivity index (χ3v) is 6.48. The molecule has 0 aliphatic carbocycles. The number of para-hydroxylation sites is 1. The normalized spacial score (nSPS) is 11.4. The highest BCUT2D eigenvalue weighted by Crippen LogP contribution is 2.18. The van der Waals surface area contributed by atoms with Crippen LogP contribution in [0.2, 0.25) is 6.04 Å². The maximum Gasteiger partial charge on any atom is 0.500 e. The lowest BCUT2D eigenvalue weighted by Crippen LogP contribution is -2.43. The zero-order valence-electron chi connectivity index (χ0n) is 13.8. The van der Waals surface area contributed by atoms with Crippen molar-refractivity contribution in [3.05, 3.63) is 66.2 Å². The Kier molecular flexibility index (Phi) is 7.28. The van der Waals surface area contributed by atoms with Crippen molar-refractivity contribution in [1.29, 1.82) is 0 Å². The molecule has 2 aromatic carbocycles. The van der Waals surface area contributed by atoms with Crippen molar-refractivity contribution in [3.8, 4) is 0 Å². The van der Waals surface area contributed by atoms with Gasteiger partial charge in [-0.15, -0.1) is 0 Å². The molecule has 1 N–H and O–H groups in total. The highest BCUT2D eigenvalue weighted by Gasteiger charge is 2.38. The van der Waals surface area contributed by atoms with Crippen LogP contribution in [-0.4, -0.2) is 29.6 Å². The predicted octanol–water partition coefficient (Wildman–Crippen LogP) is 3.94. The minimum absolute atomic E-state index is 0.515. The fraction of sp³-hybridized carbons (Fsp3) is 0.333. The molecule has 0 heterocycles. The van der Waals surface area contributed by atoms with E-state index in [2.05, 4.69) is 17.4 Å². The molecule has 5 heteroatoms. The van der Waals surface area contributed by atoms with Crippen LogP contribution in [0, 0.1) is 0 Å². The fourth-order valence-electron chi connectivity index (χ4n) is 2.34. The van der Waals surface area contributed by atoms with Gasteiger partial charge in [0.15, 0.2) is 0 Å². The SMILES string of the molecule is CO[Si](CCCNc1ccccc1)(OC)OCc1ccccc1. The summed E-state index contributed by atoms with van der Waals surface area (Å²) in [6, 6.07) is 21.0. The van der Waals surface area contributed by atoms with Crippen LogP contribution < -0.4 is 5.32 Å². The number of nitrogens with one attached hydrogen (secondary N) is 1. The van der Waals surface area contributed by atoms with Crippen molar-refractivity contribution in [2.24, 2.45) is 0 Å². The zero-order valence-corrected chi connectivity index (χ0v) is 14.8. The predicted molar refractivity (Wildman–Crippen MR) is 95.4 cm³/mol. The van der Waals surface area contributed by atoms with Crippen molar-refractivity contribution < 1.29 is 13.3 Å². The molecule has 0 bridgehead atoms. The smallest absolute Gasteiger partial charge is 0.385 e. The molecular formula is C18H25NO3Si. The summed E-state index contributed by atoms with van der Waals surface area (Å²) in [4.78, 5) is 0. The van der Waals surface area contributed by atoms with Gasteiger partial charge in [-0.05, 0) is 24.1 Å². The van der Waals surface area contributed by atoms with E-state index in [0.717, 1.165) is 30.3 Å². The molecule has 23 heavy (non-hydrogen) atoms. The van der Waals surface area contributed by atoms with Gasteiger partial charge in [0, 0.05) is 32.5 Å². The Balaban J connectivity index is 1.79. The first-order valence-electron chi connectivity index (χ1n) is 7.85. The summed E-state index contributed by atoms with van der Waals surface area (Å²) in [7, 11) is 0.740. The lowest BCUT2D eigenvalue weighted by atomic mass is 10.2. The monoisotopic (exact) mass is 331 g/mol. The van der Waals surface area contributed by atoms with E-state index in [1.54, 1.807) is 14.2 Å². The van der Waals surface area contributed by atoms with Crippen LogP contribution in [0.1, 0.15) is 12.0 Å². The van der Waals surface area contributed by atoms with Crippen molar-refractivity contribution in [2.75, 3.05) is 26.1 Å². The molecule has 0 radical (unpaired) electrons. The fourth-order valence-corrected chi connectivity index (χ4v) is 4.29. The first-order chi connectivity index (χ1) is 11.3. The van der Waals surface area contributed by atoms with Gasteiger partial charge in [-0.3, -0.25) is 0 Å². The first-order valence-corrected chi connectivity index (χ1v) is 9.78. The number of anilines is 1. The summed E-state index contributed by atoms with van der Waals surface area (Å²) in [6.07, 6.45) is 0.928. The maximum atomic E-state index is 6.03. The maximum absolute atomic E-state index is 6.03. The van der Waals surface area contributed by atoms with E-state index in [1.807, 2.05) is 48.5 Å². The van der Waals surface area contributed by atoms with E-state index < -0.39 is 8.80 Å². The van der Waals surface area contributed by atoms with E-state index >= 15 is 0 Å². The minimum Gasteiger partial charge on any atom is -0.385 e. The lowest BCUT2D eigenvalue weighted by molar-refractivity contribution is 0.0910. The molecule has 0 spiro atoms. The van der Waals surface area contributed by atoms with Crippen LogP contribution in [0.5, 0.6) is 0 Å². The van der Waals surface area contributed by atoms with Gasteiger partial charge in [0.25, 0.3) is 0 Å². The number of benzene rings is 2. The summed E-state index contributed by atoms with van der Waals surface area (Å²) >= 11 is 0. The minimum atomic E-state index is -2.60. The van der Waals surface area contributed by atoms with E-state index in [1.165, 1.54) is 0 Å². The second-order valence-electron chi connectivity index (χ2n) is 5.26.